The molecule has 1 N–H and O–H groups in total. The van der Waals surface area contributed by atoms with E-state index < -0.39 is 10.1 Å². The molecule has 0 unspecified atom stereocenters. The molecule has 0 bridgehead atoms. The van der Waals surface area contributed by atoms with E-state index >= 15 is 0 Å². The minimum Gasteiger partial charge on any atom is -0.344 e. The van der Waals surface area contributed by atoms with E-state index in [1.165, 1.54) is 40.5 Å². The van der Waals surface area contributed by atoms with Crippen molar-refractivity contribution in [3.8, 4) is 0 Å². The Morgan fingerprint density at radius 3 is 2.36 bits per heavy atom. The standard InChI is InChI=1S/C25H27N3O4S/c1-5-16-27-22-9-7-6-8-21(22)25(3,4)23(27)15-14-20-17(2)26-28(24(20)29)18-10-12-19(13-11-18)33(30,31)32/h6-15H,5,16H2,1-4H3,(H,30,31,32)/b20-14-,23-15+. The van der Waals surface area contributed by atoms with Gasteiger partial charge >= 0.3 is 0 Å². The van der Waals surface area contributed by atoms with Crippen molar-refractivity contribution in [2.75, 3.05) is 16.5 Å². The molecule has 2 aliphatic rings. The van der Waals surface area contributed by atoms with Crippen LogP contribution in [0.15, 0.2) is 82.0 Å². The molecule has 0 saturated heterocycles. The molecule has 4 rings (SSSR count). The molecule has 0 aliphatic carbocycles. The van der Waals surface area contributed by atoms with E-state index in [9.17, 15) is 13.2 Å². The van der Waals surface area contributed by atoms with Crippen molar-refractivity contribution in [2.45, 2.75) is 44.4 Å². The number of anilines is 2. The molecule has 172 valence electrons. The third-order valence-electron chi connectivity index (χ3n) is 6.10. The number of nitrogens with zero attached hydrogens (tertiary/aromatic N) is 3. The van der Waals surface area contributed by atoms with Crippen LogP contribution in [-0.2, 0) is 20.3 Å². The summed E-state index contributed by atoms with van der Waals surface area (Å²) in [6, 6.07) is 13.7. The summed E-state index contributed by atoms with van der Waals surface area (Å²) in [5.74, 6) is -0.292. The molecule has 0 radical (unpaired) electrons. The Morgan fingerprint density at radius 2 is 1.73 bits per heavy atom. The van der Waals surface area contributed by atoms with E-state index in [0.717, 1.165) is 18.7 Å². The zero-order chi connectivity index (χ0) is 24.0. The summed E-state index contributed by atoms with van der Waals surface area (Å²) in [7, 11) is -4.30. The molecular weight excluding hydrogens is 438 g/mol. The van der Waals surface area contributed by atoms with Crippen molar-refractivity contribution in [1.82, 2.24) is 0 Å². The highest BCUT2D eigenvalue weighted by Crippen LogP contribution is 2.47. The molecule has 0 spiro atoms. The zero-order valence-electron chi connectivity index (χ0n) is 19.1. The van der Waals surface area contributed by atoms with Gasteiger partial charge in [-0.15, -0.1) is 0 Å². The van der Waals surface area contributed by atoms with E-state index in [1.807, 2.05) is 18.2 Å². The van der Waals surface area contributed by atoms with Crippen LogP contribution in [0.25, 0.3) is 0 Å². The number of para-hydroxylation sites is 1. The molecule has 2 aliphatic heterocycles. The van der Waals surface area contributed by atoms with Gasteiger partial charge in [-0.2, -0.15) is 18.5 Å². The zero-order valence-corrected chi connectivity index (χ0v) is 19.9. The largest absolute Gasteiger partial charge is 0.344 e. The maximum atomic E-state index is 13.1. The Labute approximate surface area is 194 Å². The van der Waals surface area contributed by atoms with E-state index in [0.29, 0.717) is 17.0 Å². The fraction of sp³-hybridized carbons (Fsp3) is 0.280. The van der Waals surface area contributed by atoms with Gasteiger partial charge in [0.15, 0.2) is 0 Å². The number of rotatable bonds is 5. The van der Waals surface area contributed by atoms with Crippen molar-refractivity contribution in [2.24, 2.45) is 5.10 Å². The number of benzene rings is 2. The Hall–Kier alpha value is -3.23. The summed E-state index contributed by atoms with van der Waals surface area (Å²) in [6.45, 7) is 9.17. The number of hydrazone groups is 1. The first-order valence-electron chi connectivity index (χ1n) is 10.8. The van der Waals surface area contributed by atoms with Gasteiger partial charge < -0.3 is 4.90 Å². The summed E-state index contributed by atoms with van der Waals surface area (Å²) < 4.78 is 31.7. The van der Waals surface area contributed by atoms with Crippen molar-refractivity contribution in [3.05, 3.63) is 77.5 Å². The summed E-state index contributed by atoms with van der Waals surface area (Å²) >= 11 is 0. The Balaban J connectivity index is 1.67. The molecule has 8 heteroatoms. The Bertz CT molecular complexity index is 1310. The second-order valence-electron chi connectivity index (χ2n) is 8.70. The third kappa shape index (κ3) is 4.00. The first-order valence-corrected chi connectivity index (χ1v) is 12.3. The van der Waals surface area contributed by atoms with Gasteiger partial charge in [0, 0.05) is 23.3 Å². The molecular formula is C25H27N3O4S. The minimum atomic E-state index is -4.30. The first kappa shape index (κ1) is 22.9. The number of fused-ring (bicyclic) bond motifs is 1. The van der Waals surface area contributed by atoms with E-state index in [1.54, 1.807) is 6.92 Å². The van der Waals surface area contributed by atoms with Gasteiger partial charge in [-0.3, -0.25) is 9.35 Å². The SMILES string of the molecule is CCCN1/C(=C/C=C2\C(=O)N(c3ccc(S(=O)(=O)O)cc3)N=C2C)C(C)(C)c2ccccc21. The smallest absolute Gasteiger partial charge is 0.294 e. The number of hydrogen-bond acceptors (Lipinski definition) is 5. The van der Waals surface area contributed by atoms with Crippen LogP contribution >= 0.6 is 0 Å². The highest BCUT2D eigenvalue weighted by molar-refractivity contribution is 7.85. The highest BCUT2D eigenvalue weighted by atomic mass is 32.2. The fourth-order valence-electron chi connectivity index (χ4n) is 4.41. The van der Waals surface area contributed by atoms with E-state index in [2.05, 4.69) is 49.0 Å². The second kappa shape index (κ2) is 8.28. The van der Waals surface area contributed by atoms with E-state index in [4.69, 9.17) is 4.55 Å². The van der Waals surface area contributed by atoms with Crippen LogP contribution in [0, 0.1) is 0 Å². The molecule has 2 heterocycles. The maximum Gasteiger partial charge on any atom is 0.294 e. The van der Waals surface area contributed by atoms with Crippen LogP contribution in [0.2, 0.25) is 0 Å². The average Bonchev–Trinajstić information content (AvgIpc) is 3.17. The van der Waals surface area contributed by atoms with Crippen LogP contribution in [-0.4, -0.2) is 31.1 Å². The predicted molar refractivity (Wildman–Crippen MR) is 130 cm³/mol. The molecule has 0 fully saturated rings. The van der Waals surface area contributed by atoms with Gasteiger partial charge in [0.1, 0.15) is 0 Å². The van der Waals surface area contributed by atoms with Gasteiger partial charge in [0.2, 0.25) is 0 Å². The van der Waals surface area contributed by atoms with Crippen LogP contribution in [0.4, 0.5) is 11.4 Å². The van der Waals surface area contributed by atoms with Gasteiger partial charge in [-0.25, -0.2) is 0 Å². The third-order valence-corrected chi connectivity index (χ3v) is 6.96. The molecule has 0 aromatic heterocycles. The van der Waals surface area contributed by atoms with Crippen molar-refractivity contribution >= 4 is 33.1 Å². The van der Waals surface area contributed by atoms with Crippen molar-refractivity contribution in [1.29, 1.82) is 0 Å². The maximum absolute atomic E-state index is 13.1. The number of allylic oxidation sites excluding steroid dienone is 3. The number of carbonyl (C=O) groups is 1. The lowest BCUT2D eigenvalue weighted by Crippen LogP contribution is -2.27. The van der Waals surface area contributed by atoms with Crippen LogP contribution in [0.5, 0.6) is 0 Å². The van der Waals surface area contributed by atoms with Gasteiger partial charge in [-0.1, -0.05) is 39.0 Å². The molecule has 33 heavy (non-hydrogen) atoms. The fourth-order valence-corrected chi connectivity index (χ4v) is 4.89. The van der Waals surface area contributed by atoms with Crippen molar-refractivity contribution < 1.29 is 17.8 Å². The normalized spacial score (nSPS) is 20.0. The molecule has 2 aromatic rings. The highest BCUT2D eigenvalue weighted by Gasteiger charge is 2.39. The molecule has 0 atom stereocenters. The average molecular weight is 466 g/mol. The number of hydrogen-bond donors (Lipinski definition) is 1. The minimum absolute atomic E-state index is 0.208. The van der Waals surface area contributed by atoms with Crippen LogP contribution < -0.4 is 9.91 Å². The summed E-state index contributed by atoms with van der Waals surface area (Å²) in [5.41, 5.74) is 4.83. The Kier molecular flexibility index (Phi) is 5.76. The molecule has 7 nitrogen and oxygen atoms in total. The van der Waals surface area contributed by atoms with Crippen LogP contribution in [0.1, 0.15) is 39.7 Å². The number of carbonyl (C=O) groups excluding carboxylic acids is 1. The molecule has 2 aromatic carbocycles. The lowest BCUT2D eigenvalue weighted by atomic mass is 9.83. The van der Waals surface area contributed by atoms with Gasteiger partial charge in [0.25, 0.3) is 16.0 Å². The monoisotopic (exact) mass is 465 g/mol. The Morgan fingerprint density at radius 1 is 1.06 bits per heavy atom. The number of amides is 1. The molecule has 1 amide bonds. The van der Waals surface area contributed by atoms with Crippen molar-refractivity contribution in [3.63, 3.8) is 0 Å². The van der Waals surface area contributed by atoms with Gasteiger partial charge in [-0.05, 0) is 61.4 Å². The summed E-state index contributed by atoms with van der Waals surface area (Å²) in [6.07, 6.45) is 4.82. The first-order chi connectivity index (χ1) is 15.6. The lowest BCUT2D eigenvalue weighted by Gasteiger charge is -2.26. The predicted octanol–water partition coefficient (Wildman–Crippen LogP) is 4.67. The van der Waals surface area contributed by atoms with Gasteiger partial charge in [0.05, 0.1) is 21.9 Å². The summed E-state index contributed by atoms with van der Waals surface area (Å²) in [4.78, 5) is 15.2. The summed E-state index contributed by atoms with van der Waals surface area (Å²) in [5, 5.41) is 5.61. The topological polar surface area (TPSA) is 90.3 Å². The molecule has 0 saturated carbocycles. The lowest BCUT2D eigenvalue weighted by molar-refractivity contribution is -0.114. The van der Waals surface area contributed by atoms with E-state index in [-0.39, 0.29) is 16.2 Å². The second-order valence-corrected chi connectivity index (χ2v) is 10.1. The van der Waals surface area contributed by atoms with Crippen LogP contribution in [0.3, 0.4) is 0 Å². The quantitative estimate of drug-likeness (QED) is 0.512.